The Hall–Kier alpha value is -1.98. The molecule has 0 aliphatic carbocycles. The Bertz CT molecular complexity index is 546. The molecule has 1 aromatic heterocycles. The summed E-state index contributed by atoms with van der Waals surface area (Å²) in [6, 6.07) is 4.81. The molecular formula is C11H9F3N2O. The molecule has 0 radical (unpaired) electrons. The first-order valence-electron chi connectivity index (χ1n) is 4.78. The molecule has 0 atom stereocenters. The standard InChI is InChI=1S/C11H9F3N2O/c1-16-6-9(17)15-10(16)7-3-2-4-8(5-7)11(12,13)14/h2-6,17H,1H3. The Labute approximate surface area is 95.1 Å². The Morgan fingerprint density at radius 1 is 1.29 bits per heavy atom. The molecule has 1 heterocycles. The van der Waals surface area contributed by atoms with E-state index in [1.54, 1.807) is 7.05 Å². The van der Waals surface area contributed by atoms with Crippen molar-refractivity contribution >= 4 is 0 Å². The summed E-state index contributed by atoms with van der Waals surface area (Å²) < 4.78 is 39.0. The summed E-state index contributed by atoms with van der Waals surface area (Å²) in [5.74, 6) is 0.0634. The number of hydrogen-bond acceptors (Lipinski definition) is 2. The number of halogens is 3. The van der Waals surface area contributed by atoms with Crippen LogP contribution in [0.5, 0.6) is 5.88 Å². The number of benzene rings is 1. The summed E-state index contributed by atoms with van der Waals surface area (Å²) in [7, 11) is 1.60. The van der Waals surface area contributed by atoms with E-state index in [9.17, 15) is 18.3 Å². The predicted octanol–water partition coefficient (Wildman–Crippen LogP) is 2.81. The van der Waals surface area contributed by atoms with E-state index < -0.39 is 11.7 Å². The highest BCUT2D eigenvalue weighted by atomic mass is 19.4. The molecule has 0 aliphatic heterocycles. The third kappa shape index (κ3) is 2.25. The van der Waals surface area contributed by atoms with Crippen LogP contribution in [0.1, 0.15) is 5.56 Å². The molecule has 0 saturated heterocycles. The molecule has 90 valence electrons. The van der Waals surface area contributed by atoms with E-state index in [1.165, 1.54) is 22.9 Å². The summed E-state index contributed by atoms with van der Waals surface area (Å²) in [5.41, 5.74) is -0.430. The summed E-state index contributed by atoms with van der Waals surface area (Å²) in [5, 5.41) is 9.17. The second-order valence-electron chi connectivity index (χ2n) is 3.61. The molecule has 17 heavy (non-hydrogen) atoms. The van der Waals surface area contributed by atoms with Crippen LogP contribution >= 0.6 is 0 Å². The summed E-state index contributed by atoms with van der Waals surface area (Å²) >= 11 is 0. The first-order chi connectivity index (χ1) is 7.88. The molecule has 0 amide bonds. The van der Waals surface area contributed by atoms with Gasteiger partial charge in [0.25, 0.3) is 0 Å². The number of aryl methyl sites for hydroxylation is 1. The van der Waals surface area contributed by atoms with E-state index >= 15 is 0 Å². The number of aromatic nitrogens is 2. The smallest absolute Gasteiger partial charge is 0.416 e. The van der Waals surface area contributed by atoms with Crippen molar-refractivity contribution in [2.75, 3.05) is 0 Å². The van der Waals surface area contributed by atoms with Gasteiger partial charge in [-0.1, -0.05) is 12.1 Å². The molecule has 3 nitrogen and oxygen atoms in total. The highest BCUT2D eigenvalue weighted by molar-refractivity contribution is 5.58. The van der Waals surface area contributed by atoms with E-state index in [0.29, 0.717) is 5.56 Å². The first-order valence-corrected chi connectivity index (χ1v) is 4.78. The molecular weight excluding hydrogens is 233 g/mol. The molecule has 6 heteroatoms. The molecule has 0 aliphatic rings. The van der Waals surface area contributed by atoms with Crippen molar-refractivity contribution in [2.24, 2.45) is 7.05 Å². The van der Waals surface area contributed by atoms with Gasteiger partial charge in [0.15, 0.2) is 0 Å². The number of imidazole rings is 1. The van der Waals surface area contributed by atoms with Gasteiger partial charge in [0.05, 0.1) is 11.8 Å². The van der Waals surface area contributed by atoms with Crippen molar-refractivity contribution in [3.63, 3.8) is 0 Å². The van der Waals surface area contributed by atoms with Crippen molar-refractivity contribution in [1.29, 1.82) is 0 Å². The molecule has 1 aromatic carbocycles. The van der Waals surface area contributed by atoms with Crippen LogP contribution in [0, 0.1) is 0 Å². The van der Waals surface area contributed by atoms with E-state index in [4.69, 9.17) is 0 Å². The van der Waals surface area contributed by atoms with Gasteiger partial charge in [0.2, 0.25) is 5.88 Å². The van der Waals surface area contributed by atoms with Gasteiger partial charge in [-0.25, -0.2) is 0 Å². The molecule has 0 unspecified atom stereocenters. The molecule has 2 aromatic rings. The average Bonchev–Trinajstić information content (AvgIpc) is 2.57. The van der Waals surface area contributed by atoms with Crippen LogP contribution < -0.4 is 0 Å². The van der Waals surface area contributed by atoms with Crippen molar-refractivity contribution in [3.05, 3.63) is 36.0 Å². The molecule has 1 N–H and O–H groups in total. The van der Waals surface area contributed by atoms with Gasteiger partial charge < -0.3 is 9.67 Å². The normalized spacial score (nSPS) is 11.8. The van der Waals surface area contributed by atoms with Crippen LogP contribution in [-0.2, 0) is 13.2 Å². The number of aromatic hydroxyl groups is 1. The maximum absolute atomic E-state index is 12.5. The highest BCUT2D eigenvalue weighted by Crippen LogP contribution is 2.32. The minimum atomic E-state index is -4.39. The van der Waals surface area contributed by atoms with E-state index in [1.807, 2.05) is 0 Å². The zero-order valence-corrected chi connectivity index (χ0v) is 8.86. The monoisotopic (exact) mass is 242 g/mol. The largest absolute Gasteiger partial charge is 0.492 e. The van der Waals surface area contributed by atoms with E-state index in [2.05, 4.69) is 4.98 Å². The van der Waals surface area contributed by atoms with Crippen molar-refractivity contribution in [2.45, 2.75) is 6.18 Å². The summed E-state index contributed by atoms with van der Waals surface area (Å²) in [6.07, 6.45) is -3.06. The fraction of sp³-hybridized carbons (Fsp3) is 0.182. The Balaban J connectivity index is 2.50. The van der Waals surface area contributed by atoms with Crippen LogP contribution in [0.4, 0.5) is 13.2 Å². The minimum Gasteiger partial charge on any atom is -0.492 e. The predicted molar refractivity (Wildman–Crippen MR) is 55.3 cm³/mol. The maximum Gasteiger partial charge on any atom is 0.416 e. The third-order valence-electron chi connectivity index (χ3n) is 2.31. The lowest BCUT2D eigenvalue weighted by Gasteiger charge is -2.08. The topological polar surface area (TPSA) is 38.0 Å². The lowest BCUT2D eigenvalue weighted by molar-refractivity contribution is -0.137. The van der Waals surface area contributed by atoms with Crippen molar-refractivity contribution in [3.8, 4) is 17.3 Å². The van der Waals surface area contributed by atoms with Gasteiger partial charge in [0, 0.05) is 12.6 Å². The lowest BCUT2D eigenvalue weighted by Crippen LogP contribution is -2.05. The van der Waals surface area contributed by atoms with Gasteiger partial charge in [-0.3, -0.25) is 0 Å². The Morgan fingerprint density at radius 2 is 2.00 bits per heavy atom. The van der Waals surface area contributed by atoms with E-state index in [0.717, 1.165) is 12.1 Å². The Kier molecular flexibility index (Phi) is 2.57. The van der Waals surface area contributed by atoms with Gasteiger partial charge in [0.1, 0.15) is 5.82 Å². The van der Waals surface area contributed by atoms with Gasteiger partial charge in [-0.15, -0.1) is 0 Å². The van der Waals surface area contributed by atoms with Gasteiger partial charge in [-0.2, -0.15) is 18.2 Å². The number of alkyl halides is 3. The summed E-state index contributed by atoms with van der Waals surface area (Å²) in [4.78, 5) is 3.75. The fourth-order valence-corrected chi connectivity index (χ4v) is 1.55. The minimum absolute atomic E-state index is 0.222. The van der Waals surface area contributed by atoms with E-state index in [-0.39, 0.29) is 11.7 Å². The molecule has 0 saturated carbocycles. The number of hydrogen-bond donors (Lipinski definition) is 1. The molecule has 2 rings (SSSR count). The second-order valence-corrected chi connectivity index (χ2v) is 3.61. The average molecular weight is 242 g/mol. The SMILES string of the molecule is Cn1cc(O)nc1-c1cccc(C(F)(F)F)c1. The summed E-state index contributed by atoms with van der Waals surface area (Å²) in [6.45, 7) is 0. The lowest BCUT2D eigenvalue weighted by atomic mass is 10.1. The zero-order valence-electron chi connectivity index (χ0n) is 8.86. The third-order valence-corrected chi connectivity index (χ3v) is 2.31. The first kappa shape index (κ1) is 11.5. The Morgan fingerprint density at radius 3 is 2.53 bits per heavy atom. The van der Waals surface area contributed by atoms with Gasteiger partial charge >= 0.3 is 6.18 Å². The molecule has 0 spiro atoms. The van der Waals surface area contributed by atoms with Crippen LogP contribution in [0.25, 0.3) is 11.4 Å². The number of rotatable bonds is 1. The second kappa shape index (κ2) is 3.80. The van der Waals surface area contributed by atoms with Crippen LogP contribution in [0.2, 0.25) is 0 Å². The number of nitrogens with zero attached hydrogens (tertiary/aromatic N) is 2. The van der Waals surface area contributed by atoms with Crippen LogP contribution in [-0.4, -0.2) is 14.7 Å². The van der Waals surface area contributed by atoms with Crippen molar-refractivity contribution < 1.29 is 18.3 Å². The quantitative estimate of drug-likeness (QED) is 0.835. The van der Waals surface area contributed by atoms with Gasteiger partial charge in [-0.05, 0) is 12.1 Å². The zero-order chi connectivity index (χ0) is 12.6. The van der Waals surface area contributed by atoms with Crippen LogP contribution in [0.15, 0.2) is 30.5 Å². The van der Waals surface area contributed by atoms with Crippen molar-refractivity contribution in [1.82, 2.24) is 9.55 Å². The molecule has 0 fully saturated rings. The maximum atomic E-state index is 12.5. The fourth-order valence-electron chi connectivity index (χ4n) is 1.55. The molecule has 0 bridgehead atoms. The van der Waals surface area contributed by atoms with Crippen LogP contribution in [0.3, 0.4) is 0 Å². The highest BCUT2D eigenvalue weighted by Gasteiger charge is 2.30.